The van der Waals surface area contributed by atoms with E-state index >= 15 is 0 Å². The minimum Gasteiger partial charge on any atom is -0.339 e. The second kappa shape index (κ2) is 5.60. The van der Waals surface area contributed by atoms with Crippen LogP contribution in [-0.4, -0.2) is 47.8 Å². The van der Waals surface area contributed by atoms with Crippen molar-refractivity contribution < 1.29 is 9.59 Å². The standard InChI is InChI=1S/C14H21N3O2/c1-12(18)16-7-9-17(10-8-16)13(19)14(11-15)5-3-2-4-6-14/h2-10H2,1H3. The van der Waals surface area contributed by atoms with Crippen molar-refractivity contribution in [2.45, 2.75) is 39.0 Å². The van der Waals surface area contributed by atoms with Gasteiger partial charge in [0, 0.05) is 33.1 Å². The Morgan fingerprint density at radius 3 is 2.00 bits per heavy atom. The number of nitriles is 1. The van der Waals surface area contributed by atoms with Crippen LogP contribution in [0.15, 0.2) is 0 Å². The van der Waals surface area contributed by atoms with Gasteiger partial charge in [-0.1, -0.05) is 19.3 Å². The average molecular weight is 263 g/mol. The predicted molar refractivity (Wildman–Crippen MR) is 70.0 cm³/mol. The summed E-state index contributed by atoms with van der Waals surface area (Å²) in [6.45, 7) is 3.84. The van der Waals surface area contributed by atoms with Gasteiger partial charge >= 0.3 is 0 Å². The summed E-state index contributed by atoms with van der Waals surface area (Å²) in [5.41, 5.74) is -0.795. The molecule has 1 saturated heterocycles. The average Bonchev–Trinajstić information content (AvgIpc) is 2.47. The number of rotatable bonds is 1. The monoisotopic (exact) mass is 263 g/mol. The Morgan fingerprint density at radius 2 is 1.53 bits per heavy atom. The first-order valence-electron chi connectivity index (χ1n) is 7.05. The fraction of sp³-hybridized carbons (Fsp3) is 0.786. The molecule has 2 rings (SSSR count). The molecule has 2 amide bonds. The maximum Gasteiger partial charge on any atom is 0.243 e. The Labute approximate surface area is 114 Å². The maximum absolute atomic E-state index is 12.6. The lowest BCUT2D eigenvalue weighted by Gasteiger charge is -2.39. The highest BCUT2D eigenvalue weighted by Crippen LogP contribution is 2.37. The summed E-state index contributed by atoms with van der Waals surface area (Å²) in [5, 5.41) is 9.42. The molecule has 0 spiro atoms. The first kappa shape index (κ1) is 13.9. The normalized spacial score (nSPS) is 22.7. The second-order valence-corrected chi connectivity index (χ2v) is 5.55. The van der Waals surface area contributed by atoms with E-state index in [-0.39, 0.29) is 11.8 Å². The molecule has 5 heteroatoms. The molecule has 0 aromatic heterocycles. The van der Waals surface area contributed by atoms with Gasteiger partial charge in [0.15, 0.2) is 0 Å². The lowest BCUT2D eigenvalue weighted by molar-refractivity contribution is -0.145. The van der Waals surface area contributed by atoms with E-state index in [2.05, 4.69) is 6.07 Å². The van der Waals surface area contributed by atoms with Crippen LogP contribution in [0.2, 0.25) is 0 Å². The molecule has 1 aliphatic carbocycles. The van der Waals surface area contributed by atoms with Crippen molar-refractivity contribution in [3.05, 3.63) is 0 Å². The number of carbonyl (C=O) groups excluding carboxylic acids is 2. The van der Waals surface area contributed by atoms with Gasteiger partial charge in [-0.25, -0.2) is 0 Å². The van der Waals surface area contributed by atoms with E-state index in [1.54, 1.807) is 16.7 Å². The highest BCUT2D eigenvalue weighted by molar-refractivity contribution is 5.86. The summed E-state index contributed by atoms with van der Waals surface area (Å²) in [7, 11) is 0. The van der Waals surface area contributed by atoms with Crippen molar-refractivity contribution in [1.29, 1.82) is 5.26 Å². The third kappa shape index (κ3) is 2.73. The molecule has 5 nitrogen and oxygen atoms in total. The van der Waals surface area contributed by atoms with Crippen LogP contribution in [0.25, 0.3) is 0 Å². The smallest absolute Gasteiger partial charge is 0.243 e. The van der Waals surface area contributed by atoms with Crippen molar-refractivity contribution in [1.82, 2.24) is 9.80 Å². The van der Waals surface area contributed by atoms with Crippen molar-refractivity contribution in [3.63, 3.8) is 0 Å². The molecular formula is C14H21N3O2. The molecule has 1 saturated carbocycles. The van der Waals surface area contributed by atoms with Gasteiger partial charge < -0.3 is 9.80 Å². The minimum atomic E-state index is -0.795. The molecule has 1 heterocycles. The van der Waals surface area contributed by atoms with Crippen molar-refractivity contribution in [2.75, 3.05) is 26.2 Å². The molecule has 0 atom stereocenters. The van der Waals surface area contributed by atoms with Gasteiger partial charge in [0.1, 0.15) is 5.41 Å². The van der Waals surface area contributed by atoms with Gasteiger partial charge in [0.05, 0.1) is 6.07 Å². The highest BCUT2D eigenvalue weighted by Gasteiger charge is 2.43. The quantitative estimate of drug-likeness (QED) is 0.713. The van der Waals surface area contributed by atoms with Gasteiger partial charge in [-0.15, -0.1) is 0 Å². The first-order valence-corrected chi connectivity index (χ1v) is 7.05. The SMILES string of the molecule is CC(=O)N1CCN(C(=O)C2(C#N)CCCCC2)CC1. The fourth-order valence-electron chi connectivity index (χ4n) is 3.06. The topological polar surface area (TPSA) is 64.4 Å². The molecule has 0 radical (unpaired) electrons. The third-order valence-corrected chi connectivity index (χ3v) is 4.34. The molecule has 1 aliphatic heterocycles. The van der Waals surface area contributed by atoms with Crippen LogP contribution in [0.5, 0.6) is 0 Å². The Kier molecular flexibility index (Phi) is 4.08. The summed E-state index contributed by atoms with van der Waals surface area (Å²) < 4.78 is 0. The van der Waals surface area contributed by atoms with Crippen LogP contribution in [0.4, 0.5) is 0 Å². The number of amides is 2. The summed E-state index contributed by atoms with van der Waals surface area (Å²) >= 11 is 0. The molecule has 0 N–H and O–H groups in total. The number of hydrogen-bond acceptors (Lipinski definition) is 3. The zero-order valence-corrected chi connectivity index (χ0v) is 11.5. The largest absolute Gasteiger partial charge is 0.339 e. The molecule has 19 heavy (non-hydrogen) atoms. The fourth-order valence-corrected chi connectivity index (χ4v) is 3.06. The van der Waals surface area contributed by atoms with Crippen molar-refractivity contribution >= 4 is 11.8 Å². The zero-order valence-electron chi connectivity index (χ0n) is 11.5. The third-order valence-electron chi connectivity index (χ3n) is 4.34. The number of hydrogen-bond donors (Lipinski definition) is 0. The molecule has 0 bridgehead atoms. The molecule has 2 fully saturated rings. The van der Waals surface area contributed by atoms with Crippen LogP contribution in [0, 0.1) is 16.7 Å². The Morgan fingerprint density at radius 1 is 1.00 bits per heavy atom. The summed E-state index contributed by atoms with van der Waals surface area (Å²) in [6, 6.07) is 2.28. The number of carbonyl (C=O) groups is 2. The summed E-state index contributed by atoms with van der Waals surface area (Å²) in [6.07, 6.45) is 4.43. The van der Waals surface area contributed by atoms with E-state index in [9.17, 15) is 14.9 Å². The molecule has 104 valence electrons. The van der Waals surface area contributed by atoms with E-state index in [0.717, 1.165) is 19.3 Å². The van der Waals surface area contributed by atoms with Gasteiger partial charge in [-0.3, -0.25) is 9.59 Å². The van der Waals surface area contributed by atoms with Crippen LogP contribution in [0.1, 0.15) is 39.0 Å². The second-order valence-electron chi connectivity index (χ2n) is 5.55. The van der Waals surface area contributed by atoms with E-state index in [4.69, 9.17) is 0 Å². The van der Waals surface area contributed by atoms with Gasteiger partial charge in [0.25, 0.3) is 0 Å². The minimum absolute atomic E-state index is 0.0158. The van der Waals surface area contributed by atoms with Crippen molar-refractivity contribution in [2.24, 2.45) is 5.41 Å². The molecule has 0 aromatic rings. The van der Waals surface area contributed by atoms with Crippen LogP contribution < -0.4 is 0 Å². The van der Waals surface area contributed by atoms with E-state index < -0.39 is 5.41 Å². The number of piperazine rings is 1. The first-order chi connectivity index (χ1) is 9.09. The maximum atomic E-state index is 12.6. The number of nitrogens with zero attached hydrogens (tertiary/aromatic N) is 3. The van der Waals surface area contributed by atoms with Crippen LogP contribution in [-0.2, 0) is 9.59 Å². The summed E-state index contributed by atoms with van der Waals surface area (Å²) in [5.74, 6) is 0.0395. The predicted octanol–water partition coefficient (Wildman–Crippen LogP) is 1.15. The Bertz CT molecular complexity index is 399. The van der Waals surface area contributed by atoms with Gasteiger partial charge in [-0.05, 0) is 12.8 Å². The van der Waals surface area contributed by atoms with Crippen LogP contribution >= 0.6 is 0 Å². The van der Waals surface area contributed by atoms with Crippen molar-refractivity contribution in [3.8, 4) is 6.07 Å². The molecular weight excluding hydrogens is 242 g/mol. The summed E-state index contributed by atoms with van der Waals surface area (Å²) in [4.78, 5) is 27.4. The highest BCUT2D eigenvalue weighted by atomic mass is 16.2. The Hall–Kier alpha value is -1.57. The van der Waals surface area contributed by atoms with E-state index in [1.165, 1.54) is 0 Å². The lowest BCUT2D eigenvalue weighted by Crippen LogP contribution is -2.54. The zero-order chi connectivity index (χ0) is 13.9. The molecule has 2 aliphatic rings. The van der Waals surface area contributed by atoms with Gasteiger partial charge in [0.2, 0.25) is 11.8 Å². The van der Waals surface area contributed by atoms with Gasteiger partial charge in [-0.2, -0.15) is 5.26 Å². The lowest BCUT2D eigenvalue weighted by atomic mass is 9.74. The van der Waals surface area contributed by atoms with E-state index in [0.29, 0.717) is 39.0 Å². The Balaban J connectivity index is 2.00. The van der Waals surface area contributed by atoms with Crippen LogP contribution in [0.3, 0.4) is 0 Å². The van der Waals surface area contributed by atoms with E-state index in [1.807, 2.05) is 0 Å². The molecule has 0 unspecified atom stereocenters. The molecule has 0 aromatic carbocycles.